The van der Waals surface area contributed by atoms with Gasteiger partial charge in [0.15, 0.2) is 0 Å². The van der Waals surface area contributed by atoms with Crippen LogP contribution < -0.4 is 10.8 Å². The Labute approximate surface area is 113 Å². The van der Waals surface area contributed by atoms with Crippen LogP contribution in [-0.2, 0) is 0 Å². The fourth-order valence-corrected chi connectivity index (χ4v) is 2.30. The van der Waals surface area contributed by atoms with E-state index in [4.69, 9.17) is 16.6 Å². The Bertz CT molecular complexity index is 635. The number of benzene rings is 1. The van der Waals surface area contributed by atoms with Gasteiger partial charge in [-0.15, -0.1) is 0 Å². The number of nitrogens with zero attached hydrogens (tertiary/aromatic N) is 1. The Morgan fingerprint density at radius 3 is 2.78 bits per heavy atom. The van der Waals surface area contributed by atoms with Gasteiger partial charge in [0.05, 0.1) is 21.9 Å². The second kappa shape index (κ2) is 5.03. The minimum atomic E-state index is 0.743. The van der Waals surface area contributed by atoms with Gasteiger partial charge in [-0.05, 0) is 19.9 Å². The molecule has 0 bridgehead atoms. The van der Waals surface area contributed by atoms with Crippen LogP contribution in [0, 0.1) is 6.92 Å². The van der Waals surface area contributed by atoms with Crippen molar-refractivity contribution in [3.8, 4) is 0 Å². The predicted octanol–water partition coefficient (Wildman–Crippen LogP) is 2.04. The lowest BCUT2D eigenvalue weighted by Crippen LogP contribution is -2.13. The van der Waals surface area contributed by atoms with E-state index in [0.717, 1.165) is 27.3 Å². The minimum Gasteiger partial charge on any atom is -0.387 e. The number of fused-ring (bicyclic) bond motifs is 1. The summed E-state index contributed by atoms with van der Waals surface area (Å²) in [5.41, 5.74) is 5.26. The average Bonchev–Trinajstić information content (AvgIpc) is 2.36. The van der Waals surface area contributed by atoms with Gasteiger partial charge in [-0.2, -0.15) is 0 Å². The van der Waals surface area contributed by atoms with E-state index in [1.807, 2.05) is 32.2 Å². The molecule has 92 valence electrons. The molecule has 1 N–H and O–H groups in total. The molecule has 0 radical (unpaired) electrons. The number of aryl methyl sites for hydroxylation is 1. The highest BCUT2D eigenvalue weighted by molar-refractivity contribution is 6.42. The van der Waals surface area contributed by atoms with Gasteiger partial charge >= 0.3 is 0 Å². The van der Waals surface area contributed by atoms with Crippen molar-refractivity contribution in [3.63, 3.8) is 0 Å². The molecule has 0 aliphatic rings. The van der Waals surface area contributed by atoms with Crippen LogP contribution in [-0.4, -0.2) is 19.9 Å². The maximum Gasteiger partial charge on any atom is 0.142 e. The van der Waals surface area contributed by atoms with Gasteiger partial charge in [-0.25, -0.2) is 4.98 Å². The lowest BCUT2D eigenvalue weighted by atomic mass is 9.88. The first-order valence-electron chi connectivity index (χ1n) is 5.99. The van der Waals surface area contributed by atoms with Crippen LogP contribution in [0.5, 0.6) is 0 Å². The zero-order valence-corrected chi connectivity index (χ0v) is 11.9. The van der Waals surface area contributed by atoms with Gasteiger partial charge in [0, 0.05) is 12.4 Å². The second-order valence-corrected chi connectivity index (χ2v) is 4.75. The Hall–Kier alpha value is -1.48. The van der Waals surface area contributed by atoms with Crippen LogP contribution in [0.2, 0.25) is 5.02 Å². The van der Waals surface area contributed by atoms with Gasteiger partial charge in [-0.1, -0.05) is 40.8 Å². The van der Waals surface area contributed by atoms with Crippen molar-refractivity contribution in [3.05, 3.63) is 40.6 Å². The van der Waals surface area contributed by atoms with E-state index in [1.165, 1.54) is 11.0 Å². The lowest BCUT2D eigenvalue weighted by Gasteiger charge is -2.11. The molecule has 1 heterocycles. The molecule has 0 aliphatic heterocycles. The zero-order valence-electron chi connectivity index (χ0n) is 11.1. The van der Waals surface area contributed by atoms with Crippen molar-refractivity contribution in [1.82, 2.24) is 10.3 Å². The van der Waals surface area contributed by atoms with E-state index in [2.05, 4.69) is 26.2 Å². The zero-order chi connectivity index (χ0) is 13.3. The molecule has 2 nitrogen and oxygen atoms in total. The van der Waals surface area contributed by atoms with E-state index >= 15 is 0 Å². The maximum atomic E-state index is 6.35. The highest BCUT2D eigenvalue weighted by Gasteiger charge is 2.09. The van der Waals surface area contributed by atoms with Crippen LogP contribution in [0.4, 0.5) is 0 Å². The van der Waals surface area contributed by atoms with Crippen molar-refractivity contribution in [2.75, 3.05) is 7.05 Å². The van der Waals surface area contributed by atoms with Gasteiger partial charge in [-0.3, -0.25) is 0 Å². The molecular weight excluding hydrogens is 242 g/mol. The fraction of sp³-hybridized carbons (Fsp3) is 0.214. The molecular formula is C14H16BClN2. The van der Waals surface area contributed by atoms with Gasteiger partial charge in [0.1, 0.15) is 7.85 Å². The maximum absolute atomic E-state index is 6.35. The summed E-state index contributed by atoms with van der Waals surface area (Å²) in [6.45, 7) is 4.07. The van der Waals surface area contributed by atoms with E-state index in [-0.39, 0.29) is 0 Å². The number of hydrogen-bond acceptors (Lipinski definition) is 2. The molecule has 0 atom stereocenters. The van der Waals surface area contributed by atoms with E-state index in [0.29, 0.717) is 0 Å². The normalized spacial score (nSPS) is 11.9. The first-order valence-corrected chi connectivity index (χ1v) is 6.37. The first-order chi connectivity index (χ1) is 8.58. The predicted molar refractivity (Wildman–Crippen MR) is 82.4 cm³/mol. The number of halogens is 1. The molecule has 0 saturated heterocycles. The molecule has 0 unspecified atom stereocenters. The van der Waals surface area contributed by atoms with Crippen molar-refractivity contribution < 1.29 is 0 Å². The molecule has 2 rings (SSSR count). The van der Waals surface area contributed by atoms with Crippen LogP contribution in [0.25, 0.3) is 16.6 Å². The van der Waals surface area contributed by atoms with E-state index in [1.54, 1.807) is 0 Å². The number of aromatic nitrogens is 1. The van der Waals surface area contributed by atoms with Crippen LogP contribution >= 0.6 is 11.6 Å². The van der Waals surface area contributed by atoms with Gasteiger partial charge in [0.2, 0.25) is 0 Å². The number of pyridine rings is 1. The number of hydrogen-bond donors (Lipinski definition) is 1. The summed E-state index contributed by atoms with van der Waals surface area (Å²) in [6, 6.07) is 6.02. The minimum absolute atomic E-state index is 0.743. The Balaban J connectivity index is 2.78. The van der Waals surface area contributed by atoms with Crippen LogP contribution in [0.1, 0.15) is 18.2 Å². The van der Waals surface area contributed by atoms with E-state index in [9.17, 15) is 0 Å². The Kier molecular flexibility index (Phi) is 3.62. The fourth-order valence-electron chi connectivity index (χ4n) is 2.05. The monoisotopic (exact) mass is 258 g/mol. The molecule has 0 spiro atoms. The third-order valence-corrected chi connectivity index (χ3v) is 3.60. The van der Waals surface area contributed by atoms with Crippen LogP contribution in [0.15, 0.2) is 24.3 Å². The third kappa shape index (κ3) is 2.11. The number of allylic oxidation sites excluding steroid dienone is 1. The third-order valence-electron chi connectivity index (χ3n) is 3.29. The van der Waals surface area contributed by atoms with E-state index < -0.39 is 0 Å². The molecule has 0 saturated carbocycles. The quantitative estimate of drug-likeness (QED) is 0.834. The second-order valence-electron chi connectivity index (χ2n) is 4.35. The summed E-state index contributed by atoms with van der Waals surface area (Å²) in [5.74, 6) is 0. The van der Waals surface area contributed by atoms with Gasteiger partial charge in [0.25, 0.3) is 0 Å². The highest BCUT2D eigenvalue weighted by Crippen LogP contribution is 2.24. The molecule has 0 amide bonds. The van der Waals surface area contributed by atoms with Crippen molar-refractivity contribution in [1.29, 1.82) is 0 Å². The summed E-state index contributed by atoms with van der Waals surface area (Å²) in [4.78, 5) is 4.72. The molecule has 0 fully saturated rings. The summed E-state index contributed by atoms with van der Waals surface area (Å²) in [6.07, 6.45) is 2.00. The molecule has 4 heteroatoms. The Morgan fingerprint density at radius 2 is 2.17 bits per heavy atom. The number of nitrogens with one attached hydrogen (secondary N) is 1. The molecule has 18 heavy (non-hydrogen) atoms. The van der Waals surface area contributed by atoms with Crippen LogP contribution in [0.3, 0.4) is 0 Å². The molecule has 1 aromatic carbocycles. The van der Waals surface area contributed by atoms with Crippen molar-refractivity contribution >= 4 is 41.5 Å². The highest BCUT2D eigenvalue weighted by atomic mass is 35.5. The molecule has 2 aromatic rings. The number of rotatable bonds is 2. The topological polar surface area (TPSA) is 24.9 Å². The lowest BCUT2D eigenvalue weighted by molar-refractivity contribution is 1.10. The summed E-state index contributed by atoms with van der Waals surface area (Å²) in [5, 5.41) is 4.89. The first kappa shape index (κ1) is 13.0. The summed E-state index contributed by atoms with van der Waals surface area (Å²) < 4.78 is 0. The van der Waals surface area contributed by atoms with Gasteiger partial charge < -0.3 is 5.32 Å². The SMILES string of the molecule is Bc1c(C)ccc2c(Cl)cc(/C(=C/C)NC)nc12. The Morgan fingerprint density at radius 1 is 1.44 bits per heavy atom. The smallest absolute Gasteiger partial charge is 0.142 e. The molecule has 1 aromatic heterocycles. The standard InChI is InChI=1S/C14H16BClN2/c1-4-11(17-3)12-7-10(16)9-6-5-8(2)13(15)14(9)18-12/h4-7,17H,15H2,1-3H3/b11-4-. The molecule has 0 aliphatic carbocycles. The largest absolute Gasteiger partial charge is 0.387 e. The van der Waals surface area contributed by atoms with Crippen molar-refractivity contribution in [2.45, 2.75) is 13.8 Å². The van der Waals surface area contributed by atoms with Crippen molar-refractivity contribution in [2.24, 2.45) is 0 Å². The summed E-state index contributed by atoms with van der Waals surface area (Å²) >= 11 is 6.35. The summed E-state index contributed by atoms with van der Waals surface area (Å²) in [7, 11) is 3.97. The average molecular weight is 259 g/mol.